The van der Waals surface area contributed by atoms with Crippen molar-refractivity contribution in [1.29, 1.82) is 0 Å². The zero-order valence-corrected chi connectivity index (χ0v) is 17.6. The molecule has 2 unspecified atom stereocenters. The first-order chi connectivity index (χ1) is 12.6. The van der Waals surface area contributed by atoms with Gasteiger partial charge in [0.15, 0.2) is 11.5 Å². The second kappa shape index (κ2) is 12.1. The fraction of sp³-hybridized carbons (Fsp3) is 0.650. The Balaban J connectivity index is 0.00000364. The standard InChI is InChI=1S/C20H32N2O4.ClH/c1-15(16-6-5-9-21-14-16)12-20(23)22(10-11-24-2)17-7-8-18(25-3)19(13-17)26-4;/h7-8,13,15-16,21H,5-6,9-12,14H2,1-4H3;1H. The SMILES string of the molecule is COCCN(C(=O)CC(C)C1CCCNC1)c1ccc(OC)c(OC)c1.Cl. The monoisotopic (exact) mass is 400 g/mol. The van der Waals surface area contributed by atoms with Gasteiger partial charge in [0, 0.05) is 31.8 Å². The molecule has 1 aliphatic rings. The zero-order valence-electron chi connectivity index (χ0n) is 16.8. The minimum absolute atomic E-state index is 0. The molecule has 2 atom stereocenters. The van der Waals surface area contributed by atoms with Gasteiger partial charge in [-0.25, -0.2) is 0 Å². The predicted molar refractivity (Wildman–Crippen MR) is 110 cm³/mol. The summed E-state index contributed by atoms with van der Waals surface area (Å²) in [6.45, 7) is 5.27. The first kappa shape index (κ1) is 23.5. The molecule has 27 heavy (non-hydrogen) atoms. The Labute approximate surface area is 168 Å². The number of piperidine rings is 1. The second-order valence-corrected chi connectivity index (χ2v) is 6.87. The Hall–Kier alpha value is -1.50. The molecular formula is C20H33ClN2O4. The van der Waals surface area contributed by atoms with Gasteiger partial charge in [0.25, 0.3) is 0 Å². The van der Waals surface area contributed by atoms with E-state index < -0.39 is 0 Å². The molecule has 7 heteroatoms. The smallest absolute Gasteiger partial charge is 0.227 e. The van der Waals surface area contributed by atoms with Gasteiger partial charge in [-0.1, -0.05) is 6.92 Å². The summed E-state index contributed by atoms with van der Waals surface area (Å²) in [6.07, 6.45) is 2.91. The molecule has 0 radical (unpaired) electrons. The first-order valence-electron chi connectivity index (χ1n) is 9.32. The summed E-state index contributed by atoms with van der Waals surface area (Å²) in [4.78, 5) is 14.8. The third-order valence-electron chi connectivity index (χ3n) is 5.14. The molecule has 0 saturated carbocycles. The van der Waals surface area contributed by atoms with E-state index in [0.717, 1.165) is 18.8 Å². The van der Waals surface area contributed by atoms with Gasteiger partial charge in [0.2, 0.25) is 5.91 Å². The number of halogens is 1. The van der Waals surface area contributed by atoms with Gasteiger partial charge < -0.3 is 24.4 Å². The highest BCUT2D eigenvalue weighted by atomic mass is 35.5. The van der Waals surface area contributed by atoms with Crippen molar-refractivity contribution >= 4 is 24.0 Å². The molecule has 0 aliphatic carbocycles. The van der Waals surface area contributed by atoms with Crippen LogP contribution >= 0.6 is 12.4 Å². The highest BCUT2D eigenvalue weighted by Crippen LogP contribution is 2.32. The van der Waals surface area contributed by atoms with Crippen molar-refractivity contribution in [1.82, 2.24) is 5.32 Å². The molecule has 1 fully saturated rings. The van der Waals surface area contributed by atoms with E-state index in [1.165, 1.54) is 12.8 Å². The van der Waals surface area contributed by atoms with Crippen LogP contribution in [-0.4, -0.2) is 53.5 Å². The average molecular weight is 401 g/mol. The number of rotatable bonds is 9. The van der Waals surface area contributed by atoms with E-state index in [0.29, 0.717) is 42.9 Å². The summed E-state index contributed by atoms with van der Waals surface area (Å²) in [5.41, 5.74) is 0.804. The Kier molecular flexibility index (Phi) is 10.5. The minimum Gasteiger partial charge on any atom is -0.493 e. The van der Waals surface area contributed by atoms with Gasteiger partial charge >= 0.3 is 0 Å². The third-order valence-corrected chi connectivity index (χ3v) is 5.14. The van der Waals surface area contributed by atoms with Gasteiger partial charge in [-0.2, -0.15) is 0 Å². The molecule has 6 nitrogen and oxygen atoms in total. The lowest BCUT2D eigenvalue weighted by Gasteiger charge is -2.30. The molecule has 1 saturated heterocycles. The maximum Gasteiger partial charge on any atom is 0.227 e. The molecule has 1 heterocycles. The lowest BCUT2D eigenvalue weighted by Crippen LogP contribution is -2.38. The lowest BCUT2D eigenvalue weighted by molar-refractivity contribution is -0.120. The van der Waals surface area contributed by atoms with Gasteiger partial charge in [0.1, 0.15) is 0 Å². The minimum atomic E-state index is 0. The van der Waals surface area contributed by atoms with E-state index in [9.17, 15) is 4.79 Å². The van der Waals surface area contributed by atoms with Crippen LogP contribution < -0.4 is 19.7 Å². The number of ether oxygens (including phenoxy) is 3. The molecule has 1 N–H and O–H groups in total. The van der Waals surface area contributed by atoms with Crippen LogP contribution in [0.4, 0.5) is 5.69 Å². The zero-order chi connectivity index (χ0) is 18.9. The van der Waals surface area contributed by atoms with E-state index >= 15 is 0 Å². The van der Waals surface area contributed by atoms with Crippen molar-refractivity contribution < 1.29 is 19.0 Å². The summed E-state index contributed by atoms with van der Waals surface area (Å²) < 4.78 is 15.9. The van der Waals surface area contributed by atoms with Crippen LogP contribution in [0.1, 0.15) is 26.2 Å². The number of nitrogens with zero attached hydrogens (tertiary/aromatic N) is 1. The molecule has 0 bridgehead atoms. The Morgan fingerprint density at radius 3 is 2.59 bits per heavy atom. The van der Waals surface area contributed by atoms with Crippen molar-refractivity contribution in [3.8, 4) is 11.5 Å². The number of amides is 1. The molecule has 2 rings (SSSR count). The highest BCUT2D eigenvalue weighted by Gasteiger charge is 2.25. The van der Waals surface area contributed by atoms with Crippen LogP contribution in [0.5, 0.6) is 11.5 Å². The van der Waals surface area contributed by atoms with Crippen LogP contribution in [0.2, 0.25) is 0 Å². The van der Waals surface area contributed by atoms with Gasteiger partial charge in [-0.05, 0) is 49.9 Å². The quantitative estimate of drug-likeness (QED) is 0.690. The van der Waals surface area contributed by atoms with Crippen LogP contribution in [0.25, 0.3) is 0 Å². The molecular weight excluding hydrogens is 368 g/mol. The lowest BCUT2D eigenvalue weighted by atomic mass is 9.85. The van der Waals surface area contributed by atoms with Gasteiger partial charge in [0.05, 0.1) is 20.8 Å². The second-order valence-electron chi connectivity index (χ2n) is 6.87. The summed E-state index contributed by atoms with van der Waals surface area (Å²) in [5, 5.41) is 3.44. The van der Waals surface area contributed by atoms with Crippen molar-refractivity contribution in [2.24, 2.45) is 11.8 Å². The highest BCUT2D eigenvalue weighted by molar-refractivity contribution is 5.93. The Morgan fingerprint density at radius 2 is 2.00 bits per heavy atom. The van der Waals surface area contributed by atoms with E-state index in [4.69, 9.17) is 14.2 Å². The fourth-order valence-electron chi connectivity index (χ4n) is 3.49. The van der Waals surface area contributed by atoms with Crippen molar-refractivity contribution in [2.45, 2.75) is 26.2 Å². The van der Waals surface area contributed by atoms with Crippen molar-refractivity contribution in [3.63, 3.8) is 0 Å². The maximum absolute atomic E-state index is 13.0. The molecule has 1 aromatic rings. The number of methoxy groups -OCH3 is 3. The third kappa shape index (κ3) is 6.55. The van der Waals surface area contributed by atoms with E-state index in [2.05, 4.69) is 12.2 Å². The molecule has 154 valence electrons. The molecule has 0 aromatic heterocycles. The maximum atomic E-state index is 13.0. The van der Waals surface area contributed by atoms with Crippen molar-refractivity contribution in [3.05, 3.63) is 18.2 Å². The van der Waals surface area contributed by atoms with Crippen LogP contribution in [0, 0.1) is 11.8 Å². The Morgan fingerprint density at radius 1 is 1.26 bits per heavy atom. The number of carbonyl (C=O) groups is 1. The summed E-state index contributed by atoms with van der Waals surface area (Å²) >= 11 is 0. The number of benzene rings is 1. The number of carbonyl (C=O) groups excluding carboxylic acids is 1. The first-order valence-corrected chi connectivity index (χ1v) is 9.32. The predicted octanol–water partition coefficient (Wildman–Crippen LogP) is 3.13. The van der Waals surface area contributed by atoms with E-state index in [-0.39, 0.29) is 18.3 Å². The molecule has 1 aromatic carbocycles. The summed E-state index contributed by atoms with van der Waals surface area (Å²) in [5.74, 6) is 2.29. The number of nitrogens with one attached hydrogen (secondary N) is 1. The molecule has 1 aliphatic heterocycles. The fourth-order valence-corrected chi connectivity index (χ4v) is 3.49. The van der Waals surface area contributed by atoms with Gasteiger partial charge in [-0.3, -0.25) is 4.79 Å². The van der Waals surface area contributed by atoms with E-state index in [1.54, 1.807) is 26.2 Å². The molecule has 0 spiro atoms. The number of anilines is 1. The van der Waals surface area contributed by atoms with Crippen LogP contribution in [0.15, 0.2) is 18.2 Å². The van der Waals surface area contributed by atoms with E-state index in [1.807, 2.05) is 18.2 Å². The summed E-state index contributed by atoms with van der Waals surface area (Å²) in [7, 11) is 4.85. The normalized spacial score (nSPS) is 17.6. The van der Waals surface area contributed by atoms with Crippen LogP contribution in [-0.2, 0) is 9.53 Å². The van der Waals surface area contributed by atoms with Crippen LogP contribution in [0.3, 0.4) is 0 Å². The molecule has 1 amide bonds. The van der Waals surface area contributed by atoms with Crippen molar-refractivity contribution in [2.75, 3.05) is 52.5 Å². The average Bonchev–Trinajstić information content (AvgIpc) is 2.68. The largest absolute Gasteiger partial charge is 0.493 e. The van der Waals surface area contributed by atoms with Gasteiger partial charge in [-0.15, -0.1) is 12.4 Å². The topological polar surface area (TPSA) is 60.0 Å². The number of hydrogen-bond acceptors (Lipinski definition) is 5. The summed E-state index contributed by atoms with van der Waals surface area (Å²) in [6, 6.07) is 5.57. The number of hydrogen-bond donors (Lipinski definition) is 1. The Bertz CT molecular complexity index is 579.